The predicted octanol–water partition coefficient (Wildman–Crippen LogP) is 16.3. The zero-order valence-electron chi connectivity index (χ0n) is 32.1. The maximum atomic E-state index is 2.44. The number of thiophene rings is 1. The van der Waals surface area contributed by atoms with Crippen LogP contribution in [0.5, 0.6) is 0 Å². The van der Waals surface area contributed by atoms with Crippen LogP contribution in [0.15, 0.2) is 218 Å². The van der Waals surface area contributed by atoms with Gasteiger partial charge >= 0.3 is 0 Å². The average molecular weight is 769 g/mol. The standard InChI is InChI=1S/C56H36N2S/c1-2-15-40(16-3-1)58-51-24-10-8-20-47(51)48-23-12-22-44(56(48)58)37-28-32-41(33-29-37)57(52-25-13-27-54-55(52)49-21-9-11-26-53(49)59-54)42-34-30-38(31-35-42)50-36-39-14-4-5-17-43(39)45-18-6-7-19-46(45)50/h1-36H. The van der Waals surface area contributed by atoms with Gasteiger partial charge in [-0.25, -0.2) is 0 Å². The molecule has 12 rings (SSSR count). The van der Waals surface area contributed by atoms with Crippen LogP contribution in [0.3, 0.4) is 0 Å². The van der Waals surface area contributed by atoms with E-state index in [9.17, 15) is 0 Å². The summed E-state index contributed by atoms with van der Waals surface area (Å²) < 4.78 is 5.00. The van der Waals surface area contributed by atoms with Gasteiger partial charge in [0.05, 0.1) is 16.7 Å². The summed E-state index contributed by atoms with van der Waals surface area (Å²) in [6.45, 7) is 0. The smallest absolute Gasteiger partial charge is 0.0619 e. The Morgan fingerprint density at radius 2 is 0.949 bits per heavy atom. The largest absolute Gasteiger partial charge is 0.310 e. The minimum atomic E-state index is 1.11. The van der Waals surface area contributed by atoms with E-state index >= 15 is 0 Å². The molecule has 0 saturated heterocycles. The Morgan fingerprint density at radius 3 is 1.73 bits per heavy atom. The molecule has 0 unspecified atom stereocenters. The number of nitrogens with zero attached hydrogens (tertiary/aromatic N) is 2. The normalized spacial score (nSPS) is 11.7. The van der Waals surface area contributed by atoms with Gasteiger partial charge in [-0.05, 0) is 105 Å². The fourth-order valence-corrected chi connectivity index (χ4v) is 10.5. The second-order valence-electron chi connectivity index (χ2n) is 15.3. The first kappa shape index (κ1) is 33.7. The van der Waals surface area contributed by atoms with Crippen molar-refractivity contribution < 1.29 is 0 Å². The molecule has 10 aromatic carbocycles. The molecular formula is C56H36N2S. The Bertz CT molecular complexity index is 3540. The van der Waals surface area contributed by atoms with Crippen molar-refractivity contribution in [3.8, 4) is 27.9 Å². The zero-order chi connectivity index (χ0) is 38.9. The zero-order valence-corrected chi connectivity index (χ0v) is 32.9. The molecule has 59 heavy (non-hydrogen) atoms. The summed E-state index contributed by atoms with van der Waals surface area (Å²) in [4.78, 5) is 2.44. The van der Waals surface area contributed by atoms with E-state index in [1.807, 2.05) is 11.3 Å². The van der Waals surface area contributed by atoms with Crippen molar-refractivity contribution in [3.63, 3.8) is 0 Å². The van der Waals surface area contributed by atoms with Crippen molar-refractivity contribution in [2.45, 2.75) is 0 Å². The summed E-state index contributed by atoms with van der Waals surface area (Å²) in [5, 5.41) is 10.2. The highest BCUT2D eigenvalue weighted by molar-refractivity contribution is 7.26. The molecule has 0 bridgehead atoms. The maximum absolute atomic E-state index is 2.44. The first-order chi connectivity index (χ1) is 29.3. The highest BCUT2D eigenvalue weighted by Crippen LogP contribution is 2.46. The molecule has 0 aliphatic rings. The number of rotatable bonds is 6. The Hall–Kier alpha value is -7.46. The van der Waals surface area contributed by atoms with Crippen molar-refractivity contribution in [2.24, 2.45) is 0 Å². The lowest BCUT2D eigenvalue weighted by Crippen LogP contribution is -2.10. The predicted molar refractivity (Wildman–Crippen MR) is 254 cm³/mol. The lowest BCUT2D eigenvalue weighted by molar-refractivity contribution is 1.18. The van der Waals surface area contributed by atoms with E-state index in [0.717, 1.165) is 17.1 Å². The molecule has 0 saturated carbocycles. The molecule has 3 heteroatoms. The molecule has 0 spiro atoms. The summed E-state index contributed by atoms with van der Waals surface area (Å²) in [5.41, 5.74) is 11.8. The SMILES string of the molecule is c1ccc(-n2c3ccccc3c3cccc(-c4ccc(N(c5ccc(-c6cc7ccccc7c7ccccc67)cc5)c5cccc6sc7ccccc7c56)cc4)c32)cc1. The number of benzene rings is 10. The van der Waals surface area contributed by atoms with Gasteiger partial charge in [-0.15, -0.1) is 11.3 Å². The van der Waals surface area contributed by atoms with Crippen LogP contribution >= 0.6 is 11.3 Å². The summed E-state index contributed by atoms with van der Waals surface area (Å²) in [6.07, 6.45) is 0. The fourth-order valence-electron chi connectivity index (χ4n) is 9.34. The molecule has 0 amide bonds. The van der Waals surface area contributed by atoms with Crippen LogP contribution < -0.4 is 4.90 Å². The van der Waals surface area contributed by atoms with Crippen LogP contribution in [0.25, 0.3) is 91.5 Å². The number of para-hydroxylation sites is 3. The molecule has 12 aromatic rings. The third kappa shape index (κ3) is 5.40. The molecule has 0 radical (unpaired) electrons. The van der Waals surface area contributed by atoms with Crippen LogP contribution in [0, 0.1) is 0 Å². The van der Waals surface area contributed by atoms with Crippen molar-refractivity contribution in [1.82, 2.24) is 4.57 Å². The quantitative estimate of drug-likeness (QED) is 0.153. The molecule has 2 aromatic heterocycles. The van der Waals surface area contributed by atoms with Gasteiger partial charge in [0, 0.05) is 53.6 Å². The number of hydrogen-bond acceptors (Lipinski definition) is 2. The second-order valence-corrected chi connectivity index (χ2v) is 16.3. The highest BCUT2D eigenvalue weighted by atomic mass is 32.1. The molecular weight excluding hydrogens is 733 g/mol. The molecule has 0 aliphatic carbocycles. The van der Waals surface area contributed by atoms with Crippen molar-refractivity contribution in [2.75, 3.05) is 4.90 Å². The molecule has 2 heterocycles. The first-order valence-electron chi connectivity index (χ1n) is 20.2. The number of aromatic nitrogens is 1. The molecule has 0 N–H and O–H groups in total. The third-order valence-corrected chi connectivity index (χ3v) is 13.1. The number of anilines is 3. The Labute approximate surface area is 346 Å². The monoisotopic (exact) mass is 768 g/mol. The number of fused-ring (bicyclic) bond motifs is 9. The van der Waals surface area contributed by atoms with Gasteiger partial charge in [-0.3, -0.25) is 0 Å². The van der Waals surface area contributed by atoms with Crippen molar-refractivity contribution in [3.05, 3.63) is 218 Å². The van der Waals surface area contributed by atoms with E-state index in [2.05, 4.69) is 228 Å². The van der Waals surface area contributed by atoms with Crippen LogP contribution in [0.4, 0.5) is 17.1 Å². The molecule has 276 valence electrons. The lowest BCUT2D eigenvalue weighted by atomic mass is 9.93. The van der Waals surface area contributed by atoms with Gasteiger partial charge in [0.2, 0.25) is 0 Å². The van der Waals surface area contributed by atoms with Gasteiger partial charge < -0.3 is 9.47 Å². The molecule has 0 aliphatic heterocycles. The summed E-state index contributed by atoms with van der Waals surface area (Å²) in [7, 11) is 0. The third-order valence-electron chi connectivity index (χ3n) is 12.0. The minimum Gasteiger partial charge on any atom is -0.310 e. The Balaban J connectivity index is 1.03. The van der Waals surface area contributed by atoms with E-state index in [4.69, 9.17) is 0 Å². The van der Waals surface area contributed by atoms with Crippen molar-refractivity contribution in [1.29, 1.82) is 0 Å². The van der Waals surface area contributed by atoms with Crippen LogP contribution in [0.1, 0.15) is 0 Å². The minimum absolute atomic E-state index is 1.11. The van der Waals surface area contributed by atoms with Gasteiger partial charge in [0.15, 0.2) is 0 Å². The number of hydrogen-bond donors (Lipinski definition) is 0. The maximum Gasteiger partial charge on any atom is 0.0619 e. The molecule has 0 fully saturated rings. The second kappa shape index (κ2) is 13.6. The van der Waals surface area contributed by atoms with E-state index in [1.54, 1.807) is 0 Å². The Kier molecular flexibility index (Phi) is 7.75. The van der Waals surface area contributed by atoms with Gasteiger partial charge in [-0.2, -0.15) is 0 Å². The van der Waals surface area contributed by atoms with Crippen LogP contribution in [-0.2, 0) is 0 Å². The highest BCUT2D eigenvalue weighted by Gasteiger charge is 2.21. The molecule has 0 atom stereocenters. The van der Waals surface area contributed by atoms with E-state index in [-0.39, 0.29) is 0 Å². The van der Waals surface area contributed by atoms with E-state index < -0.39 is 0 Å². The summed E-state index contributed by atoms with van der Waals surface area (Å²) >= 11 is 1.86. The topological polar surface area (TPSA) is 8.17 Å². The first-order valence-corrected chi connectivity index (χ1v) is 21.0. The Morgan fingerprint density at radius 1 is 0.373 bits per heavy atom. The average Bonchev–Trinajstić information content (AvgIpc) is 3.86. The lowest BCUT2D eigenvalue weighted by Gasteiger charge is -2.27. The summed E-state index contributed by atoms with van der Waals surface area (Å²) in [5.74, 6) is 0. The van der Waals surface area contributed by atoms with Gasteiger partial charge in [0.25, 0.3) is 0 Å². The van der Waals surface area contributed by atoms with Crippen LogP contribution in [0.2, 0.25) is 0 Å². The summed E-state index contributed by atoms with van der Waals surface area (Å²) in [6, 6.07) is 79.9. The van der Waals surface area contributed by atoms with Gasteiger partial charge in [0.1, 0.15) is 0 Å². The molecule has 2 nitrogen and oxygen atoms in total. The van der Waals surface area contributed by atoms with E-state index in [0.29, 0.717) is 0 Å². The van der Waals surface area contributed by atoms with Gasteiger partial charge in [-0.1, -0.05) is 152 Å². The van der Waals surface area contributed by atoms with Crippen LogP contribution in [-0.4, -0.2) is 4.57 Å². The van der Waals surface area contributed by atoms with E-state index in [1.165, 1.54) is 91.5 Å². The fraction of sp³-hybridized carbons (Fsp3) is 0. The van der Waals surface area contributed by atoms with Crippen molar-refractivity contribution >= 4 is 91.9 Å².